The molecule has 3 heteroatoms. The van der Waals surface area contributed by atoms with Crippen LogP contribution >= 0.6 is 0 Å². The van der Waals surface area contributed by atoms with Gasteiger partial charge in [0, 0.05) is 0 Å². The van der Waals surface area contributed by atoms with Crippen molar-refractivity contribution in [3.63, 3.8) is 0 Å². The molecule has 0 heterocycles. The second-order valence-corrected chi connectivity index (χ2v) is 29.4. The maximum absolute atomic E-state index is 6.34. The fourth-order valence-electron chi connectivity index (χ4n) is 16.5. The zero-order valence-corrected chi connectivity index (χ0v) is 41.2. The molecular formula is C54H100O2Si. The van der Waals surface area contributed by atoms with Gasteiger partial charge >= 0.3 is 0 Å². The Bertz CT molecular complexity index is 1060. The average Bonchev–Trinajstić information content (AvgIpc) is 3.71. The molecule has 332 valence electrons. The lowest BCUT2D eigenvalue weighted by Gasteiger charge is -2.53. The topological polar surface area (TPSA) is 18.5 Å². The maximum Gasteiger partial charge on any atom is 0.0609 e. The Morgan fingerprint density at radius 1 is 0.439 bits per heavy atom. The van der Waals surface area contributed by atoms with Crippen LogP contribution in [0.2, 0.25) is 23.2 Å². The van der Waals surface area contributed by atoms with Gasteiger partial charge in [0.15, 0.2) is 0 Å². The molecular weight excluding hydrogens is 709 g/mol. The van der Waals surface area contributed by atoms with E-state index in [1.54, 1.807) is 76.3 Å². The summed E-state index contributed by atoms with van der Waals surface area (Å²) >= 11 is 0. The molecule has 6 aliphatic carbocycles. The standard InChI is InChI=1S/C54H100O2Si/c1-11-13-15-17-33-57(34-18-16-14-12-2,51-39(3)35-49-45(21-19-23-47(49)51)43-29-25-41(26-30-43)37-55-53(5,6)7)52-40(4)36-50-46(22-20-24-48(50)52)44-31-27-42(28-32-44)38-56-54(8,9)10/h39-52H,11-38H2,1-10H3. The van der Waals surface area contributed by atoms with Gasteiger partial charge < -0.3 is 9.47 Å². The number of fused-ring (bicyclic) bond motifs is 2. The summed E-state index contributed by atoms with van der Waals surface area (Å²) in [4.78, 5) is 0. The van der Waals surface area contributed by atoms with Crippen LogP contribution in [0.5, 0.6) is 0 Å². The first-order valence-electron chi connectivity index (χ1n) is 26.5. The van der Waals surface area contributed by atoms with Gasteiger partial charge in [0.25, 0.3) is 0 Å². The van der Waals surface area contributed by atoms with Gasteiger partial charge in [-0.2, -0.15) is 0 Å². The van der Waals surface area contributed by atoms with E-state index < -0.39 is 8.07 Å². The van der Waals surface area contributed by atoms with Gasteiger partial charge in [-0.25, -0.2) is 0 Å². The van der Waals surface area contributed by atoms with Crippen LogP contribution in [0, 0.1) is 71.0 Å². The number of unbranched alkanes of at least 4 members (excludes halogenated alkanes) is 6. The lowest BCUT2D eigenvalue weighted by atomic mass is 9.64. The minimum Gasteiger partial charge on any atom is -0.376 e. The van der Waals surface area contributed by atoms with Crippen molar-refractivity contribution in [3.8, 4) is 0 Å². The first-order valence-corrected chi connectivity index (χ1v) is 29.1. The van der Waals surface area contributed by atoms with Gasteiger partial charge in [-0.15, -0.1) is 0 Å². The molecule has 0 aromatic rings. The van der Waals surface area contributed by atoms with E-state index in [0.717, 1.165) is 95.3 Å². The molecule has 0 N–H and O–H groups in total. The van der Waals surface area contributed by atoms with Gasteiger partial charge in [0.1, 0.15) is 0 Å². The molecule has 10 atom stereocenters. The van der Waals surface area contributed by atoms with E-state index in [9.17, 15) is 0 Å². The van der Waals surface area contributed by atoms with Crippen LogP contribution in [-0.2, 0) is 9.47 Å². The summed E-state index contributed by atoms with van der Waals surface area (Å²) in [7, 11) is -1.64. The molecule has 57 heavy (non-hydrogen) atoms. The quantitative estimate of drug-likeness (QED) is 0.101. The third-order valence-corrected chi connectivity index (χ3v) is 25.8. The van der Waals surface area contributed by atoms with E-state index in [1.807, 2.05) is 0 Å². The van der Waals surface area contributed by atoms with Crippen molar-refractivity contribution in [1.82, 2.24) is 0 Å². The van der Waals surface area contributed by atoms with Crippen molar-refractivity contribution in [2.24, 2.45) is 71.0 Å². The normalized spacial score (nSPS) is 39.3. The zero-order chi connectivity index (χ0) is 40.8. The second kappa shape index (κ2) is 21.0. The Kier molecular flexibility index (Phi) is 17.2. The summed E-state index contributed by atoms with van der Waals surface area (Å²) in [5, 5.41) is 0. The van der Waals surface area contributed by atoms with E-state index in [-0.39, 0.29) is 11.2 Å². The maximum atomic E-state index is 6.34. The summed E-state index contributed by atoms with van der Waals surface area (Å²) in [5.74, 6) is 11.9. The molecule has 10 unspecified atom stereocenters. The molecule has 0 aromatic carbocycles. The van der Waals surface area contributed by atoms with Crippen molar-refractivity contribution in [2.75, 3.05) is 13.2 Å². The van der Waals surface area contributed by atoms with E-state index in [1.165, 1.54) is 89.9 Å². The summed E-state index contributed by atoms with van der Waals surface area (Å²) in [6.07, 6.45) is 36.2. The van der Waals surface area contributed by atoms with Crippen LogP contribution in [0.25, 0.3) is 0 Å². The molecule has 0 radical (unpaired) electrons. The van der Waals surface area contributed by atoms with Crippen LogP contribution in [-0.4, -0.2) is 32.5 Å². The Balaban J connectivity index is 1.24. The average molecular weight is 809 g/mol. The number of hydrogen-bond donors (Lipinski definition) is 0. The summed E-state index contributed by atoms with van der Waals surface area (Å²) in [5.41, 5.74) is 2.25. The molecule has 0 spiro atoms. The van der Waals surface area contributed by atoms with Gasteiger partial charge in [0.05, 0.1) is 32.5 Å². The monoisotopic (exact) mass is 809 g/mol. The van der Waals surface area contributed by atoms with Gasteiger partial charge in [0.2, 0.25) is 0 Å². The number of hydrogen-bond acceptors (Lipinski definition) is 2. The molecule has 0 aromatic heterocycles. The lowest BCUT2D eigenvalue weighted by molar-refractivity contribution is -0.0343. The first kappa shape index (κ1) is 46.6. The fourth-order valence-corrected chi connectivity index (χ4v) is 25.4. The third kappa shape index (κ3) is 11.8. The van der Waals surface area contributed by atoms with Crippen LogP contribution in [0.15, 0.2) is 0 Å². The Morgan fingerprint density at radius 2 is 0.807 bits per heavy atom. The molecule has 0 bridgehead atoms. The van der Waals surface area contributed by atoms with Crippen molar-refractivity contribution < 1.29 is 9.47 Å². The molecule has 6 rings (SSSR count). The highest BCUT2D eigenvalue weighted by Gasteiger charge is 2.63. The highest BCUT2D eigenvalue weighted by Crippen LogP contribution is 2.69. The molecule has 0 saturated heterocycles. The second-order valence-electron chi connectivity index (χ2n) is 24.6. The van der Waals surface area contributed by atoms with Gasteiger partial charge in [-0.05, 0) is 201 Å². The Hall–Kier alpha value is 0.137. The molecule has 6 fully saturated rings. The molecule has 6 saturated carbocycles. The van der Waals surface area contributed by atoms with E-state index in [2.05, 4.69) is 69.2 Å². The Labute approximate surface area is 358 Å². The van der Waals surface area contributed by atoms with Gasteiger partial charge in [-0.3, -0.25) is 0 Å². The minimum absolute atomic E-state index is 0.00235. The smallest absolute Gasteiger partial charge is 0.0609 e. The van der Waals surface area contributed by atoms with E-state index >= 15 is 0 Å². The third-order valence-electron chi connectivity index (χ3n) is 18.6. The number of ether oxygens (including phenoxy) is 2. The predicted molar refractivity (Wildman–Crippen MR) is 250 cm³/mol. The van der Waals surface area contributed by atoms with Crippen molar-refractivity contribution in [3.05, 3.63) is 0 Å². The SMILES string of the molecule is CCCCCC[Si](CCCCCC)(C1C(C)CC2C(C3CCC(COC(C)(C)C)CC3)CCCC21)C1C(C)CC2C(C3CCC(COC(C)(C)C)CC3)CCCC21. The summed E-state index contributed by atoms with van der Waals surface area (Å²) in [6.45, 7) is 26.1. The fraction of sp³-hybridized carbons (Fsp3) is 1.00. The van der Waals surface area contributed by atoms with Gasteiger partial charge in [-0.1, -0.05) is 117 Å². The van der Waals surface area contributed by atoms with E-state index in [4.69, 9.17) is 9.47 Å². The highest BCUT2D eigenvalue weighted by molar-refractivity contribution is 6.83. The molecule has 2 nitrogen and oxygen atoms in total. The van der Waals surface area contributed by atoms with E-state index in [0.29, 0.717) is 0 Å². The lowest BCUT2D eigenvalue weighted by Crippen LogP contribution is -2.52. The molecule has 0 aliphatic heterocycles. The van der Waals surface area contributed by atoms with Crippen LogP contribution in [0.1, 0.15) is 223 Å². The molecule has 0 amide bonds. The predicted octanol–water partition coefficient (Wildman–Crippen LogP) is 16.7. The van der Waals surface area contributed by atoms with Crippen molar-refractivity contribution >= 4 is 8.07 Å². The van der Waals surface area contributed by atoms with Crippen LogP contribution in [0.4, 0.5) is 0 Å². The summed E-state index contributed by atoms with van der Waals surface area (Å²) < 4.78 is 12.7. The number of rotatable bonds is 18. The van der Waals surface area contributed by atoms with Crippen molar-refractivity contribution in [2.45, 2.75) is 258 Å². The van der Waals surface area contributed by atoms with Crippen LogP contribution in [0.3, 0.4) is 0 Å². The summed E-state index contributed by atoms with van der Waals surface area (Å²) in [6, 6.07) is 3.42. The largest absolute Gasteiger partial charge is 0.376 e. The van der Waals surface area contributed by atoms with Crippen molar-refractivity contribution in [1.29, 1.82) is 0 Å². The zero-order valence-electron chi connectivity index (χ0n) is 40.2. The molecule has 6 aliphatic rings. The Morgan fingerprint density at radius 3 is 1.16 bits per heavy atom. The minimum atomic E-state index is -1.64. The first-order chi connectivity index (χ1) is 27.2. The van der Waals surface area contributed by atoms with Crippen LogP contribution < -0.4 is 0 Å². The highest BCUT2D eigenvalue weighted by atomic mass is 28.3.